The molecule has 4 aliphatic rings. The summed E-state index contributed by atoms with van der Waals surface area (Å²) in [6.45, 7) is 6.43. The lowest BCUT2D eigenvalue weighted by molar-refractivity contribution is -0.178. The van der Waals surface area contributed by atoms with Gasteiger partial charge in [-0.25, -0.2) is 0 Å². The number of fused-ring (bicyclic) bond motifs is 1. The number of carbonyl (C=O) groups excluding carboxylic acids is 2. The second-order valence-electron chi connectivity index (χ2n) is 11.5. The van der Waals surface area contributed by atoms with Gasteiger partial charge in [-0.2, -0.15) is 0 Å². The average Bonchev–Trinajstić information content (AvgIpc) is 3.44. The third-order valence-electron chi connectivity index (χ3n) is 9.31. The van der Waals surface area contributed by atoms with E-state index in [1.807, 2.05) is 4.90 Å². The number of amides is 2. The second-order valence-corrected chi connectivity index (χ2v) is 11.5. The maximum Gasteiger partial charge on any atom is 0.249 e. The van der Waals surface area contributed by atoms with Gasteiger partial charge in [-0.05, 0) is 56.1 Å². The molecule has 6 rings (SSSR count). The zero-order valence-electron chi connectivity index (χ0n) is 21.9. The SMILES string of the molecule is O=C1[C@@H]2CCCN2C(=O)C2(CCN(CCc3ccccc3)CC2)N1C1CCN(Cc2ccccc2)CC1. The highest BCUT2D eigenvalue weighted by Crippen LogP contribution is 2.42. The van der Waals surface area contributed by atoms with Gasteiger partial charge < -0.3 is 14.7 Å². The van der Waals surface area contributed by atoms with Gasteiger partial charge in [-0.1, -0.05) is 60.7 Å². The van der Waals surface area contributed by atoms with Crippen molar-refractivity contribution in [2.24, 2.45) is 0 Å². The van der Waals surface area contributed by atoms with Crippen LogP contribution < -0.4 is 0 Å². The number of nitrogens with zero attached hydrogens (tertiary/aromatic N) is 4. The smallest absolute Gasteiger partial charge is 0.249 e. The van der Waals surface area contributed by atoms with Crippen molar-refractivity contribution in [3.05, 3.63) is 71.8 Å². The lowest BCUT2D eigenvalue weighted by Crippen LogP contribution is -2.74. The predicted octanol–water partition coefficient (Wildman–Crippen LogP) is 3.56. The summed E-state index contributed by atoms with van der Waals surface area (Å²) in [4.78, 5) is 37.2. The molecule has 0 radical (unpaired) electrons. The van der Waals surface area contributed by atoms with Crippen LogP contribution in [0.3, 0.4) is 0 Å². The molecule has 0 saturated carbocycles. The van der Waals surface area contributed by atoms with E-state index in [0.717, 1.165) is 90.8 Å². The molecule has 0 bridgehead atoms. The number of hydrogen-bond donors (Lipinski definition) is 0. The van der Waals surface area contributed by atoms with E-state index in [9.17, 15) is 9.59 Å². The first kappa shape index (κ1) is 24.6. The van der Waals surface area contributed by atoms with Crippen LogP contribution in [0.15, 0.2) is 60.7 Å². The van der Waals surface area contributed by atoms with Gasteiger partial charge in [0, 0.05) is 51.9 Å². The minimum absolute atomic E-state index is 0.169. The molecule has 0 unspecified atom stereocenters. The van der Waals surface area contributed by atoms with E-state index in [-0.39, 0.29) is 23.9 Å². The monoisotopic (exact) mass is 500 g/mol. The number of piperazine rings is 1. The van der Waals surface area contributed by atoms with Crippen molar-refractivity contribution in [1.29, 1.82) is 0 Å². The highest BCUT2D eigenvalue weighted by atomic mass is 16.2. The lowest BCUT2D eigenvalue weighted by Gasteiger charge is -2.57. The molecule has 2 amide bonds. The first-order chi connectivity index (χ1) is 18.1. The Labute approximate surface area is 221 Å². The molecule has 2 aromatic carbocycles. The van der Waals surface area contributed by atoms with Crippen LogP contribution in [0, 0.1) is 0 Å². The molecule has 4 aliphatic heterocycles. The van der Waals surface area contributed by atoms with Gasteiger partial charge in [0.1, 0.15) is 11.6 Å². The summed E-state index contributed by atoms with van der Waals surface area (Å²) in [6.07, 6.45) is 6.24. The van der Waals surface area contributed by atoms with Gasteiger partial charge in [0.2, 0.25) is 11.8 Å². The van der Waals surface area contributed by atoms with Crippen molar-refractivity contribution in [3.63, 3.8) is 0 Å². The summed E-state index contributed by atoms with van der Waals surface area (Å²) in [5.74, 6) is 0.473. The van der Waals surface area contributed by atoms with E-state index in [4.69, 9.17) is 0 Å². The topological polar surface area (TPSA) is 47.1 Å². The summed E-state index contributed by atoms with van der Waals surface area (Å²) >= 11 is 0. The Balaban J connectivity index is 1.15. The lowest BCUT2D eigenvalue weighted by atomic mass is 9.79. The first-order valence-corrected chi connectivity index (χ1v) is 14.3. The Morgan fingerprint density at radius 3 is 2.05 bits per heavy atom. The number of likely N-dealkylation sites (tertiary alicyclic amines) is 2. The Bertz CT molecular complexity index is 1070. The fourth-order valence-electron chi connectivity index (χ4n) is 7.25. The molecule has 0 aromatic heterocycles. The Kier molecular flexibility index (Phi) is 7.04. The summed E-state index contributed by atoms with van der Waals surface area (Å²) < 4.78 is 0. The van der Waals surface area contributed by atoms with Crippen LogP contribution in [0.25, 0.3) is 0 Å². The predicted molar refractivity (Wildman–Crippen MR) is 145 cm³/mol. The molecule has 37 heavy (non-hydrogen) atoms. The summed E-state index contributed by atoms with van der Waals surface area (Å²) in [5, 5.41) is 0. The summed E-state index contributed by atoms with van der Waals surface area (Å²) in [5.41, 5.74) is 2.05. The van der Waals surface area contributed by atoms with Crippen LogP contribution in [0.1, 0.15) is 49.7 Å². The van der Waals surface area contributed by atoms with Crippen molar-refractivity contribution in [2.75, 3.05) is 39.3 Å². The molecule has 2 aromatic rings. The molecule has 196 valence electrons. The number of piperidine rings is 2. The van der Waals surface area contributed by atoms with Crippen LogP contribution in [-0.4, -0.2) is 88.3 Å². The van der Waals surface area contributed by atoms with Crippen LogP contribution in [0.5, 0.6) is 0 Å². The third kappa shape index (κ3) is 4.82. The average molecular weight is 501 g/mol. The first-order valence-electron chi connectivity index (χ1n) is 14.3. The van der Waals surface area contributed by atoms with E-state index in [1.165, 1.54) is 11.1 Å². The van der Waals surface area contributed by atoms with E-state index in [2.05, 4.69) is 75.4 Å². The molecule has 4 saturated heterocycles. The largest absolute Gasteiger partial charge is 0.329 e. The van der Waals surface area contributed by atoms with Crippen molar-refractivity contribution in [2.45, 2.75) is 69.1 Å². The summed E-state index contributed by atoms with van der Waals surface area (Å²) in [6, 6.07) is 21.2. The van der Waals surface area contributed by atoms with E-state index in [1.54, 1.807) is 0 Å². The molecule has 4 fully saturated rings. The molecular formula is C31H40N4O2. The molecule has 6 heteroatoms. The minimum Gasteiger partial charge on any atom is -0.329 e. The number of hydrogen-bond acceptors (Lipinski definition) is 4. The zero-order chi connectivity index (χ0) is 25.2. The quantitative estimate of drug-likeness (QED) is 0.609. The Morgan fingerprint density at radius 1 is 0.730 bits per heavy atom. The van der Waals surface area contributed by atoms with Crippen LogP contribution >= 0.6 is 0 Å². The Morgan fingerprint density at radius 2 is 1.38 bits per heavy atom. The van der Waals surface area contributed by atoms with E-state index < -0.39 is 5.54 Å². The Hall–Kier alpha value is -2.70. The number of benzene rings is 2. The van der Waals surface area contributed by atoms with Crippen LogP contribution in [-0.2, 0) is 22.6 Å². The maximum absolute atomic E-state index is 14.1. The van der Waals surface area contributed by atoms with Gasteiger partial charge in [-0.15, -0.1) is 0 Å². The molecule has 0 N–H and O–H groups in total. The molecular weight excluding hydrogens is 460 g/mol. The van der Waals surface area contributed by atoms with E-state index in [0.29, 0.717) is 0 Å². The van der Waals surface area contributed by atoms with Gasteiger partial charge in [-0.3, -0.25) is 14.5 Å². The van der Waals surface area contributed by atoms with Gasteiger partial charge in [0.15, 0.2) is 0 Å². The standard InChI is InChI=1S/C31H40N4O2/c36-29-28-12-7-18-34(28)30(37)31(16-22-32(23-17-31)19-13-25-8-3-1-4-9-25)35(29)27-14-20-33(21-15-27)24-26-10-5-2-6-11-26/h1-6,8-11,27-28H,7,12-24H2/t28-/m0/s1. The highest BCUT2D eigenvalue weighted by molar-refractivity contribution is 6.00. The second kappa shape index (κ2) is 10.6. The van der Waals surface area contributed by atoms with Gasteiger partial charge in [0.25, 0.3) is 0 Å². The van der Waals surface area contributed by atoms with Gasteiger partial charge >= 0.3 is 0 Å². The van der Waals surface area contributed by atoms with Crippen molar-refractivity contribution in [3.8, 4) is 0 Å². The third-order valence-corrected chi connectivity index (χ3v) is 9.31. The molecule has 4 heterocycles. The minimum atomic E-state index is -0.645. The number of carbonyl (C=O) groups is 2. The molecule has 1 atom stereocenters. The van der Waals surface area contributed by atoms with Gasteiger partial charge in [0.05, 0.1) is 0 Å². The molecule has 1 spiro atoms. The highest BCUT2D eigenvalue weighted by Gasteiger charge is 2.59. The summed E-state index contributed by atoms with van der Waals surface area (Å²) in [7, 11) is 0. The fraction of sp³-hybridized carbons (Fsp3) is 0.548. The fourth-order valence-corrected chi connectivity index (χ4v) is 7.25. The normalized spacial score (nSPS) is 25.1. The van der Waals surface area contributed by atoms with Crippen molar-refractivity contribution >= 4 is 11.8 Å². The maximum atomic E-state index is 14.1. The molecule has 6 nitrogen and oxygen atoms in total. The number of rotatable bonds is 6. The van der Waals surface area contributed by atoms with Crippen LogP contribution in [0.2, 0.25) is 0 Å². The van der Waals surface area contributed by atoms with E-state index >= 15 is 0 Å². The van der Waals surface area contributed by atoms with Crippen LogP contribution in [0.4, 0.5) is 0 Å². The molecule has 0 aliphatic carbocycles. The zero-order valence-corrected chi connectivity index (χ0v) is 21.9. The van der Waals surface area contributed by atoms with Crippen molar-refractivity contribution in [1.82, 2.24) is 19.6 Å². The van der Waals surface area contributed by atoms with Crippen molar-refractivity contribution < 1.29 is 9.59 Å².